The van der Waals surface area contributed by atoms with Gasteiger partial charge in [-0.05, 0) is 36.4 Å². The predicted octanol–water partition coefficient (Wildman–Crippen LogP) is 4.62. The van der Waals surface area contributed by atoms with Gasteiger partial charge in [-0.2, -0.15) is 5.10 Å². The summed E-state index contributed by atoms with van der Waals surface area (Å²) in [4.78, 5) is 18.5. The first kappa shape index (κ1) is 16.9. The molecule has 134 valence electrons. The number of fused-ring (bicyclic) bond motifs is 1. The molecule has 0 spiro atoms. The Labute approximate surface area is 158 Å². The Balaban J connectivity index is 1.48. The lowest BCUT2D eigenvalue weighted by molar-refractivity contribution is 0.0697. The second-order valence-corrected chi connectivity index (χ2v) is 6.08. The number of carbonyl (C=O) groups is 1. The number of hydrogen-bond donors (Lipinski definition) is 3. The average molecular weight is 381 g/mol. The van der Waals surface area contributed by atoms with Gasteiger partial charge in [0.05, 0.1) is 27.8 Å². The van der Waals surface area contributed by atoms with Crippen molar-refractivity contribution < 1.29 is 14.3 Å². The van der Waals surface area contributed by atoms with E-state index in [1.165, 1.54) is 12.3 Å². The highest BCUT2D eigenvalue weighted by molar-refractivity contribution is 6.33. The molecule has 0 saturated carbocycles. The van der Waals surface area contributed by atoms with Crippen molar-refractivity contribution in [2.24, 2.45) is 5.10 Å². The second kappa shape index (κ2) is 6.97. The third kappa shape index (κ3) is 3.54. The van der Waals surface area contributed by atoms with Crippen LogP contribution in [0.4, 0.5) is 5.95 Å². The topological polar surface area (TPSA) is 104 Å². The minimum absolute atomic E-state index is 0.0452. The lowest BCUT2D eigenvalue weighted by Gasteiger charge is -2.01. The highest BCUT2D eigenvalue weighted by Gasteiger charge is 2.11. The summed E-state index contributed by atoms with van der Waals surface area (Å²) in [5.41, 5.74) is 5.30. The van der Waals surface area contributed by atoms with Gasteiger partial charge in [-0.1, -0.05) is 29.8 Å². The van der Waals surface area contributed by atoms with Crippen LogP contribution in [0.25, 0.3) is 22.4 Å². The molecule has 0 aliphatic carbocycles. The Kier molecular flexibility index (Phi) is 4.35. The molecule has 0 fully saturated rings. The van der Waals surface area contributed by atoms with E-state index >= 15 is 0 Å². The van der Waals surface area contributed by atoms with Gasteiger partial charge in [0.15, 0.2) is 0 Å². The van der Waals surface area contributed by atoms with Crippen LogP contribution in [0, 0.1) is 0 Å². The van der Waals surface area contributed by atoms with Crippen LogP contribution in [0.3, 0.4) is 0 Å². The number of carboxylic acid groups (broad SMARTS) is 1. The summed E-state index contributed by atoms with van der Waals surface area (Å²) in [5, 5.41) is 13.3. The van der Waals surface area contributed by atoms with Crippen molar-refractivity contribution in [3.63, 3.8) is 0 Å². The van der Waals surface area contributed by atoms with Crippen molar-refractivity contribution in [3.8, 4) is 11.3 Å². The number of rotatable bonds is 5. The van der Waals surface area contributed by atoms with E-state index in [0.717, 1.165) is 11.0 Å². The summed E-state index contributed by atoms with van der Waals surface area (Å²) in [6.45, 7) is 0. The Hall–Kier alpha value is -3.58. The molecule has 2 heterocycles. The second-order valence-electron chi connectivity index (χ2n) is 5.67. The average Bonchev–Trinajstić information content (AvgIpc) is 3.28. The number of para-hydroxylation sites is 2. The number of benzene rings is 2. The van der Waals surface area contributed by atoms with Gasteiger partial charge in [-0.3, -0.25) is 0 Å². The number of aromatic carboxylic acids is 1. The van der Waals surface area contributed by atoms with Crippen LogP contribution in [-0.4, -0.2) is 27.3 Å². The Morgan fingerprint density at radius 2 is 2.07 bits per heavy atom. The molecule has 0 bridgehead atoms. The maximum Gasteiger partial charge on any atom is 0.337 e. The Morgan fingerprint density at radius 1 is 1.22 bits per heavy atom. The van der Waals surface area contributed by atoms with Gasteiger partial charge >= 0.3 is 5.97 Å². The summed E-state index contributed by atoms with van der Waals surface area (Å²) in [6.07, 6.45) is 1.52. The number of hydrogen-bond acceptors (Lipinski definition) is 5. The molecule has 0 amide bonds. The number of furan rings is 1. The number of carboxylic acids is 1. The van der Waals surface area contributed by atoms with Crippen LogP contribution < -0.4 is 5.43 Å². The summed E-state index contributed by atoms with van der Waals surface area (Å²) in [6, 6.07) is 15.8. The van der Waals surface area contributed by atoms with Gasteiger partial charge in [0.2, 0.25) is 5.95 Å². The fourth-order valence-corrected chi connectivity index (χ4v) is 2.84. The Bertz CT molecular complexity index is 1130. The minimum atomic E-state index is -1.07. The highest BCUT2D eigenvalue weighted by Crippen LogP contribution is 2.27. The maximum absolute atomic E-state index is 11.0. The van der Waals surface area contributed by atoms with Gasteiger partial charge < -0.3 is 14.5 Å². The monoisotopic (exact) mass is 380 g/mol. The molecule has 0 atom stereocenters. The fraction of sp³-hybridized carbons (Fsp3) is 0. The van der Waals surface area contributed by atoms with E-state index in [2.05, 4.69) is 20.5 Å². The van der Waals surface area contributed by atoms with Crippen molar-refractivity contribution >= 4 is 40.8 Å². The highest BCUT2D eigenvalue weighted by atomic mass is 35.5. The number of hydrazone groups is 1. The third-order valence-corrected chi connectivity index (χ3v) is 4.18. The van der Waals surface area contributed by atoms with Crippen molar-refractivity contribution in [2.45, 2.75) is 0 Å². The van der Waals surface area contributed by atoms with Gasteiger partial charge in [0.1, 0.15) is 11.5 Å². The first-order valence-electron chi connectivity index (χ1n) is 7.97. The molecule has 0 aliphatic heterocycles. The number of nitrogens with one attached hydrogen (secondary N) is 2. The number of halogens is 1. The summed E-state index contributed by atoms with van der Waals surface area (Å²) in [5.74, 6) is 0.525. The van der Waals surface area contributed by atoms with Gasteiger partial charge in [-0.15, -0.1) is 0 Å². The van der Waals surface area contributed by atoms with E-state index in [1.807, 2.05) is 24.3 Å². The van der Waals surface area contributed by atoms with E-state index < -0.39 is 5.97 Å². The van der Waals surface area contributed by atoms with Crippen LogP contribution >= 0.6 is 11.6 Å². The standard InChI is InChI=1S/C19H13ClN4O3/c20-14-9-11(5-7-13(14)18(25)26)17-8-6-12(27-17)10-21-24-19-22-15-3-1-2-4-16(15)23-19/h1-10H,(H,25,26)(H2,22,23,24)/b21-10-. The van der Waals surface area contributed by atoms with Crippen molar-refractivity contribution in [2.75, 3.05) is 5.43 Å². The van der Waals surface area contributed by atoms with E-state index in [1.54, 1.807) is 24.3 Å². The van der Waals surface area contributed by atoms with E-state index in [-0.39, 0.29) is 10.6 Å². The molecule has 27 heavy (non-hydrogen) atoms. The van der Waals surface area contributed by atoms with Crippen LogP contribution in [0.1, 0.15) is 16.1 Å². The van der Waals surface area contributed by atoms with E-state index in [4.69, 9.17) is 21.1 Å². The molecule has 3 N–H and O–H groups in total. The summed E-state index contributed by atoms with van der Waals surface area (Å²) < 4.78 is 5.70. The first-order valence-corrected chi connectivity index (χ1v) is 8.35. The largest absolute Gasteiger partial charge is 0.478 e. The van der Waals surface area contributed by atoms with Gasteiger partial charge in [-0.25, -0.2) is 15.2 Å². The zero-order valence-electron chi connectivity index (χ0n) is 13.8. The van der Waals surface area contributed by atoms with Crippen molar-refractivity contribution in [3.05, 3.63) is 70.9 Å². The molecule has 2 aromatic carbocycles. The van der Waals surface area contributed by atoms with E-state index in [0.29, 0.717) is 23.0 Å². The summed E-state index contributed by atoms with van der Waals surface area (Å²) in [7, 11) is 0. The third-order valence-electron chi connectivity index (χ3n) is 3.86. The molecule has 0 radical (unpaired) electrons. The molecule has 2 aromatic heterocycles. The zero-order valence-corrected chi connectivity index (χ0v) is 14.6. The molecule has 0 saturated heterocycles. The van der Waals surface area contributed by atoms with Crippen molar-refractivity contribution in [1.82, 2.24) is 9.97 Å². The number of anilines is 1. The smallest absolute Gasteiger partial charge is 0.337 e. The fourth-order valence-electron chi connectivity index (χ4n) is 2.58. The van der Waals surface area contributed by atoms with Crippen molar-refractivity contribution in [1.29, 1.82) is 0 Å². The lowest BCUT2D eigenvalue weighted by atomic mass is 10.1. The number of nitrogens with zero attached hydrogens (tertiary/aromatic N) is 2. The van der Waals surface area contributed by atoms with Gasteiger partial charge in [0, 0.05) is 5.56 Å². The number of imidazole rings is 1. The predicted molar refractivity (Wildman–Crippen MR) is 103 cm³/mol. The van der Waals surface area contributed by atoms with Crippen LogP contribution in [0.15, 0.2) is 64.1 Å². The molecule has 4 aromatic rings. The van der Waals surface area contributed by atoms with Gasteiger partial charge in [0.25, 0.3) is 0 Å². The molecule has 7 nitrogen and oxygen atoms in total. The quantitative estimate of drug-likeness (QED) is 0.346. The number of H-pyrrole nitrogens is 1. The zero-order chi connectivity index (χ0) is 18.8. The number of aromatic amines is 1. The Morgan fingerprint density at radius 3 is 2.85 bits per heavy atom. The number of aromatic nitrogens is 2. The lowest BCUT2D eigenvalue weighted by Crippen LogP contribution is -1.96. The minimum Gasteiger partial charge on any atom is -0.478 e. The molecule has 0 unspecified atom stereocenters. The normalized spacial score (nSPS) is 11.3. The van der Waals surface area contributed by atoms with Crippen LogP contribution in [0.5, 0.6) is 0 Å². The molecule has 4 rings (SSSR count). The van der Waals surface area contributed by atoms with Crippen LogP contribution in [0.2, 0.25) is 5.02 Å². The maximum atomic E-state index is 11.0. The van der Waals surface area contributed by atoms with Crippen LogP contribution in [-0.2, 0) is 0 Å². The summed E-state index contributed by atoms with van der Waals surface area (Å²) >= 11 is 6.00. The first-order chi connectivity index (χ1) is 13.1. The van der Waals surface area contributed by atoms with E-state index in [9.17, 15) is 4.79 Å². The molecular formula is C19H13ClN4O3. The SMILES string of the molecule is O=C(O)c1ccc(-c2ccc(/C=N\Nc3nc4ccccc4[nH]3)o2)cc1Cl. The molecule has 0 aliphatic rings. The molecular weight excluding hydrogens is 368 g/mol. The molecule has 8 heteroatoms.